The maximum absolute atomic E-state index is 12.8. The van der Waals surface area contributed by atoms with Gasteiger partial charge in [0.05, 0.1) is 30.3 Å². The average molecular weight is 483 g/mol. The topological polar surface area (TPSA) is 70.2 Å². The Bertz CT molecular complexity index is 1050. The Hall–Kier alpha value is -2.43. The molecule has 10 heteroatoms. The lowest BCUT2D eigenvalue weighted by atomic mass is 10.1. The van der Waals surface area contributed by atoms with Gasteiger partial charge in [-0.15, -0.1) is 0 Å². The molecule has 1 aliphatic heterocycles. The number of H-pyrrole nitrogens is 1. The Morgan fingerprint density at radius 1 is 1.27 bits per heavy atom. The first-order valence-corrected chi connectivity index (χ1v) is 10.0. The summed E-state index contributed by atoms with van der Waals surface area (Å²) in [5.74, 6) is -1.31. The minimum Gasteiger partial charge on any atom is -0.371 e. The summed E-state index contributed by atoms with van der Waals surface area (Å²) in [6.45, 7) is 1.86. The monoisotopic (exact) mass is 482 g/mol. The van der Waals surface area contributed by atoms with Crippen LogP contribution in [0.25, 0.3) is 11.0 Å². The van der Waals surface area contributed by atoms with E-state index in [1.165, 1.54) is 18.2 Å². The molecule has 1 saturated heterocycles. The fraction of sp³-hybridized carbons (Fsp3) is 0.300. The van der Waals surface area contributed by atoms with Gasteiger partial charge in [0.1, 0.15) is 0 Å². The molecule has 1 aromatic heterocycles. The molecule has 1 atom stereocenters. The first-order chi connectivity index (χ1) is 14.3. The van der Waals surface area contributed by atoms with Crippen LogP contribution in [0.4, 0.5) is 18.9 Å². The minimum atomic E-state index is -4.55. The summed E-state index contributed by atoms with van der Waals surface area (Å²) in [4.78, 5) is 20.2. The third-order valence-electron chi connectivity index (χ3n) is 4.79. The molecule has 0 radical (unpaired) electrons. The predicted octanol–water partition coefficient (Wildman–Crippen LogP) is 4.36. The molecule has 158 valence electrons. The maximum atomic E-state index is 12.8. The second-order valence-electron chi connectivity index (χ2n) is 7.01. The van der Waals surface area contributed by atoms with Crippen LogP contribution in [-0.4, -0.2) is 47.0 Å². The van der Waals surface area contributed by atoms with Crippen molar-refractivity contribution in [2.24, 2.45) is 0 Å². The number of benzene rings is 2. The number of fused-ring (bicyclic) bond motifs is 1. The van der Waals surface area contributed by atoms with E-state index in [4.69, 9.17) is 4.74 Å². The molecule has 4 rings (SSSR count). The van der Waals surface area contributed by atoms with Crippen LogP contribution in [0.2, 0.25) is 0 Å². The van der Waals surface area contributed by atoms with Gasteiger partial charge in [0, 0.05) is 23.2 Å². The molecule has 1 aliphatic rings. The number of rotatable bonds is 4. The highest BCUT2D eigenvalue weighted by atomic mass is 79.9. The number of anilines is 1. The van der Waals surface area contributed by atoms with Crippen LogP contribution in [0.15, 0.2) is 46.9 Å². The van der Waals surface area contributed by atoms with Gasteiger partial charge in [0.15, 0.2) is 0 Å². The van der Waals surface area contributed by atoms with Crippen LogP contribution in [0.3, 0.4) is 0 Å². The van der Waals surface area contributed by atoms with E-state index >= 15 is 0 Å². The normalized spacial score (nSPS) is 17.9. The van der Waals surface area contributed by atoms with E-state index < -0.39 is 12.0 Å². The van der Waals surface area contributed by atoms with E-state index in [9.17, 15) is 18.0 Å². The summed E-state index contributed by atoms with van der Waals surface area (Å²) in [5, 5.41) is 2.73. The molecule has 1 unspecified atom stereocenters. The van der Waals surface area contributed by atoms with Gasteiger partial charge in [0.25, 0.3) is 0 Å². The number of alkyl halides is 3. The quantitative estimate of drug-likeness (QED) is 0.579. The Kier molecular flexibility index (Phi) is 5.81. The van der Waals surface area contributed by atoms with Crippen LogP contribution < -0.4 is 5.32 Å². The molecule has 0 saturated carbocycles. The summed E-state index contributed by atoms with van der Waals surface area (Å²) in [6.07, 6.45) is -4.67. The zero-order valence-corrected chi connectivity index (χ0v) is 17.3. The summed E-state index contributed by atoms with van der Waals surface area (Å²) in [7, 11) is 0. The van der Waals surface area contributed by atoms with E-state index in [1.807, 2.05) is 29.2 Å². The number of nitrogens with zero attached hydrogens (tertiary/aromatic N) is 2. The van der Waals surface area contributed by atoms with Crippen molar-refractivity contribution in [3.05, 3.63) is 58.3 Å². The van der Waals surface area contributed by atoms with Crippen molar-refractivity contribution in [3.63, 3.8) is 0 Å². The Morgan fingerprint density at radius 2 is 2.03 bits per heavy atom. The molecular formula is C20H18BrF3N4O2. The van der Waals surface area contributed by atoms with E-state index in [0.29, 0.717) is 25.4 Å². The van der Waals surface area contributed by atoms with Crippen LogP contribution in [-0.2, 0) is 15.7 Å². The summed E-state index contributed by atoms with van der Waals surface area (Å²) < 4.78 is 45.2. The largest absolute Gasteiger partial charge is 0.449 e. The summed E-state index contributed by atoms with van der Waals surface area (Å²) in [6, 6.07) is 12.3. The van der Waals surface area contributed by atoms with E-state index in [-0.39, 0.29) is 29.6 Å². The van der Waals surface area contributed by atoms with Crippen molar-refractivity contribution in [3.8, 4) is 0 Å². The van der Waals surface area contributed by atoms with E-state index in [2.05, 4.69) is 31.2 Å². The van der Waals surface area contributed by atoms with Crippen LogP contribution in [0.5, 0.6) is 0 Å². The number of amides is 1. The number of hydrogen-bond acceptors (Lipinski definition) is 4. The van der Waals surface area contributed by atoms with Crippen molar-refractivity contribution in [2.45, 2.75) is 12.3 Å². The lowest BCUT2D eigenvalue weighted by Crippen LogP contribution is -2.42. The zero-order chi connectivity index (χ0) is 21.3. The van der Waals surface area contributed by atoms with Gasteiger partial charge >= 0.3 is 6.18 Å². The number of carbonyl (C=O) groups excluding carboxylic acids is 1. The molecule has 2 N–H and O–H groups in total. The van der Waals surface area contributed by atoms with Crippen LogP contribution in [0, 0.1) is 0 Å². The molecule has 3 aromatic rings. The lowest BCUT2D eigenvalue weighted by Gasteiger charge is -2.32. The third kappa shape index (κ3) is 4.82. The second kappa shape index (κ2) is 8.37. The Morgan fingerprint density at radius 3 is 2.77 bits per heavy atom. The summed E-state index contributed by atoms with van der Waals surface area (Å²) >= 11 is 3.41. The maximum Gasteiger partial charge on any atom is 0.449 e. The number of halogens is 4. The third-order valence-corrected chi connectivity index (χ3v) is 5.32. The number of morpholine rings is 1. The zero-order valence-electron chi connectivity index (χ0n) is 15.7. The van der Waals surface area contributed by atoms with Gasteiger partial charge in [-0.1, -0.05) is 28.1 Å². The molecule has 30 heavy (non-hydrogen) atoms. The lowest BCUT2D eigenvalue weighted by molar-refractivity contribution is -0.144. The molecule has 0 aliphatic carbocycles. The van der Waals surface area contributed by atoms with Crippen molar-refractivity contribution >= 4 is 38.6 Å². The van der Waals surface area contributed by atoms with Crippen molar-refractivity contribution in [1.29, 1.82) is 0 Å². The predicted molar refractivity (Wildman–Crippen MR) is 109 cm³/mol. The fourth-order valence-corrected chi connectivity index (χ4v) is 3.61. The van der Waals surface area contributed by atoms with Gasteiger partial charge in [-0.05, 0) is 35.9 Å². The fourth-order valence-electron chi connectivity index (χ4n) is 3.35. The standard InChI is InChI=1S/C20H18BrF3N4O2/c21-13-3-1-12(2-4-13)17-10-28(7-8-30-17)11-18(29)25-14-5-6-15-16(9-14)27-19(26-15)20(22,23)24/h1-6,9,17H,7-8,10-11H2,(H,25,29)(H,26,27). The van der Waals surface area contributed by atoms with E-state index in [0.717, 1.165) is 10.0 Å². The van der Waals surface area contributed by atoms with Gasteiger partial charge in [0.2, 0.25) is 11.7 Å². The van der Waals surface area contributed by atoms with Crippen molar-refractivity contribution in [1.82, 2.24) is 14.9 Å². The number of carbonyl (C=O) groups is 1. The van der Waals surface area contributed by atoms with E-state index in [1.54, 1.807) is 0 Å². The smallest absolute Gasteiger partial charge is 0.371 e. The Balaban J connectivity index is 1.38. The highest BCUT2D eigenvalue weighted by Gasteiger charge is 2.34. The first kappa shape index (κ1) is 20.8. The molecule has 2 heterocycles. The highest BCUT2D eigenvalue weighted by molar-refractivity contribution is 9.10. The Labute approximate surface area is 178 Å². The molecule has 2 aromatic carbocycles. The number of imidazole rings is 1. The van der Waals surface area contributed by atoms with Gasteiger partial charge in [-0.2, -0.15) is 13.2 Å². The number of aromatic amines is 1. The number of nitrogens with one attached hydrogen (secondary N) is 2. The van der Waals surface area contributed by atoms with Crippen LogP contribution in [0.1, 0.15) is 17.5 Å². The molecule has 1 amide bonds. The molecular weight excluding hydrogens is 465 g/mol. The first-order valence-electron chi connectivity index (χ1n) is 9.24. The highest BCUT2D eigenvalue weighted by Crippen LogP contribution is 2.29. The SMILES string of the molecule is O=C(CN1CCOC(c2ccc(Br)cc2)C1)Nc1ccc2nc(C(F)(F)F)[nH]c2c1. The number of aromatic nitrogens is 2. The average Bonchev–Trinajstić information content (AvgIpc) is 3.12. The van der Waals surface area contributed by atoms with Crippen molar-refractivity contribution in [2.75, 3.05) is 31.6 Å². The van der Waals surface area contributed by atoms with Gasteiger partial charge < -0.3 is 15.0 Å². The minimum absolute atomic E-state index is 0.123. The molecule has 1 fully saturated rings. The van der Waals surface area contributed by atoms with Gasteiger partial charge in [-0.3, -0.25) is 9.69 Å². The molecule has 0 bridgehead atoms. The number of hydrogen-bond donors (Lipinski definition) is 2. The second-order valence-corrected chi connectivity index (χ2v) is 7.93. The van der Waals surface area contributed by atoms with Gasteiger partial charge in [-0.25, -0.2) is 4.98 Å². The molecule has 0 spiro atoms. The summed E-state index contributed by atoms with van der Waals surface area (Å²) in [5.41, 5.74) is 1.84. The van der Waals surface area contributed by atoms with Crippen molar-refractivity contribution < 1.29 is 22.7 Å². The number of ether oxygens (including phenoxy) is 1. The molecule has 6 nitrogen and oxygen atoms in total. The van der Waals surface area contributed by atoms with Crippen LogP contribution >= 0.6 is 15.9 Å².